The smallest absolute Gasteiger partial charge is 0.119 e. The van der Waals surface area contributed by atoms with Crippen LogP contribution in [0, 0.1) is 0 Å². The van der Waals surface area contributed by atoms with E-state index in [0.29, 0.717) is 12.6 Å². The first kappa shape index (κ1) is 19.7. The highest BCUT2D eigenvalue weighted by Crippen LogP contribution is 2.28. The number of fused-ring (bicyclic) bond motifs is 1. The predicted molar refractivity (Wildman–Crippen MR) is 117 cm³/mol. The van der Waals surface area contributed by atoms with Gasteiger partial charge in [0.2, 0.25) is 0 Å². The molecule has 3 aromatic rings. The third-order valence-corrected chi connectivity index (χ3v) is 5.65. The Bertz CT molecular complexity index is 924. The van der Waals surface area contributed by atoms with Crippen LogP contribution in [0.1, 0.15) is 18.9 Å². The van der Waals surface area contributed by atoms with Gasteiger partial charge in [0.25, 0.3) is 0 Å². The normalized spacial score (nSPS) is 17.6. The Morgan fingerprint density at radius 1 is 1.07 bits per heavy atom. The lowest BCUT2D eigenvalue weighted by molar-refractivity contribution is 0.135. The average Bonchev–Trinajstić information content (AvgIpc) is 2.76. The molecule has 29 heavy (non-hydrogen) atoms. The van der Waals surface area contributed by atoms with Crippen molar-refractivity contribution in [3.8, 4) is 5.75 Å². The molecule has 5 heteroatoms. The van der Waals surface area contributed by atoms with Gasteiger partial charge in [-0.3, -0.25) is 9.88 Å². The SMILES string of the molecule is CCOc1ccc(CN2CCN(c3ccnc4ccccc34)C[C@H]2CCO)cc1. The largest absolute Gasteiger partial charge is 0.494 e. The van der Waals surface area contributed by atoms with Crippen molar-refractivity contribution in [1.82, 2.24) is 9.88 Å². The fourth-order valence-electron chi connectivity index (χ4n) is 4.19. The molecule has 0 spiro atoms. The summed E-state index contributed by atoms with van der Waals surface area (Å²) in [7, 11) is 0. The lowest BCUT2D eigenvalue weighted by Crippen LogP contribution is -2.53. The van der Waals surface area contributed by atoms with Gasteiger partial charge >= 0.3 is 0 Å². The van der Waals surface area contributed by atoms with Crippen LogP contribution in [0.25, 0.3) is 10.9 Å². The molecule has 152 valence electrons. The van der Waals surface area contributed by atoms with E-state index in [1.54, 1.807) is 0 Å². The molecular weight excluding hydrogens is 362 g/mol. The number of rotatable bonds is 7. The Labute approximate surface area is 172 Å². The Hall–Kier alpha value is -2.63. The van der Waals surface area contributed by atoms with E-state index in [-0.39, 0.29) is 6.61 Å². The maximum atomic E-state index is 9.65. The van der Waals surface area contributed by atoms with E-state index in [1.165, 1.54) is 16.6 Å². The van der Waals surface area contributed by atoms with E-state index in [4.69, 9.17) is 4.74 Å². The van der Waals surface area contributed by atoms with Crippen molar-refractivity contribution in [3.63, 3.8) is 0 Å². The molecule has 2 heterocycles. The molecule has 1 aliphatic rings. The number of ether oxygens (including phenoxy) is 1. The van der Waals surface area contributed by atoms with E-state index in [0.717, 1.165) is 43.9 Å². The molecule has 1 saturated heterocycles. The fourth-order valence-corrected chi connectivity index (χ4v) is 4.19. The Balaban J connectivity index is 1.49. The van der Waals surface area contributed by atoms with E-state index < -0.39 is 0 Å². The second-order valence-electron chi connectivity index (χ2n) is 7.51. The van der Waals surface area contributed by atoms with Gasteiger partial charge in [-0.1, -0.05) is 30.3 Å². The zero-order valence-corrected chi connectivity index (χ0v) is 17.0. The second kappa shape index (κ2) is 9.25. The van der Waals surface area contributed by atoms with Crippen molar-refractivity contribution in [2.24, 2.45) is 0 Å². The molecule has 1 fully saturated rings. The van der Waals surface area contributed by atoms with Crippen LogP contribution in [0.2, 0.25) is 0 Å². The number of para-hydroxylation sites is 1. The zero-order chi connectivity index (χ0) is 20.1. The number of anilines is 1. The Morgan fingerprint density at radius 3 is 2.69 bits per heavy atom. The van der Waals surface area contributed by atoms with Crippen LogP contribution < -0.4 is 9.64 Å². The zero-order valence-electron chi connectivity index (χ0n) is 17.0. The molecule has 0 bridgehead atoms. The molecule has 1 N–H and O–H groups in total. The van der Waals surface area contributed by atoms with Crippen molar-refractivity contribution in [3.05, 3.63) is 66.4 Å². The topological polar surface area (TPSA) is 48.8 Å². The Morgan fingerprint density at radius 2 is 1.90 bits per heavy atom. The molecule has 2 aromatic carbocycles. The van der Waals surface area contributed by atoms with Crippen LogP contribution in [0.3, 0.4) is 0 Å². The number of aliphatic hydroxyl groups excluding tert-OH is 1. The Kier molecular flexibility index (Phi) is 6.27. The highest BCUT2D eigenvalue weighted by molar-refractivity contribution is 5.91. The van der Waals surface area contributed by atoms with E-state index >= 15 is 0 Å². The number of hydrogen-bond donors (Lipinski definition) is 1. The molecule has 1 atom stereocenters. The number of piperazine rings is 1. The van der Waals surface area contributed by atoms with Crippen LogP contribution in [-0.4, -0.2) is 53.9 Å². The van der Waals surface area contributed by atoms with Crippen LogP contribution in [0.5, 0.6) is 5.75 Å². The number of nitrogens with zero attached hydrogens (tertiary/aromatic N) is 3. The lowest BCUT2D eigenvalue weighted by atomic mass is 10.0. The molecule has 0 amide bonds. The number of aromatic nitrogens is 1. The highest BCUT2D eigenvalue weighted by Gasteiger charge is 2.27. The minimum Gasteiger partial charge on any atom is -0.494 e. The van der Waals surface area contributed by atoms with Crippen molar-refractivity contribution in [1.29, 1.82) is 0 Å². The van der Waals surface area contributed by atoms with Crippen LogP contribution in [0.15, 0.2) is 60.8 Å². The summed E-state index contributed by atoms with van der Waals surface area (Å²) < 4.78 is 5.55. The van der Waals surface area contributed by atoms with Gasteiger partial charge in [0.05, 0.1) is 12.1 Å². The third-order valence-electron chi connectivity index (χ3n) is 5.65. The molecule has 0 radical (unpaired) electrons. The van der Waals surface area contributed by atoms with Crippen LogP contribution in [-0.2, 0) is 6.54 Å². The predicted octanol–water partition coefficient (Wildman–Crippen LogP) is 3.71. The third kappa shape index (κ3) is 4.52. The van der Waals surface area contributed by atoms with Crippen molar-refractivity contribution >= 4 is 16.6 Å². The molecule has 4 rings (SSSR count). The van der Waals surface area contributed by atoms with Gasteiger partial charge in [-0.25, -0.2) is 0 Å². The van der Waals surface area contributed by atoms with E-state index in [1.807, 2.05) is 31.3 Å². The quantitative estimate of drug-likeness (QED) is 0.665. The first-order valence-corrected chi connectivity index (χ1v) is 10.4. The summed E-state index contributed by atoms with van der Waals surface area (Å²) in [5.41, 5.74) is 3.54. The van der Waals surface area contributed by atoms with Gasteiger partial charge in [-0.15, -0.1) is 0 Å². The molecular formula is C24H29N3O2. The standard InChI is InChI=1S/C24H29N3O2/c1-2-29-21-9-7-19(8-10-21)17-26-14-15-27(18-20(26)12-16-28)24-11-13-25-23-6-4-3-5-22(23)24/h3-11,13,20,28H,2,12,14-18H2,1H3/t20-/m1/s1. The molecule has 1 aromatic heterocycles. The van der Waals surface area contributed by atoms with Crippen molar-refractivity contribution in [2.75, 3.05) is 37.7 Å². The maximum absolute atomic E-state index is 9.65. The molecule has 0 unspecified atom stereocenters. The van der Waals surface area contributed by atoms with Gasteiger partial charge in [-0.05, 0) is 43.2 Å². The summed E-state index contributed by atoms with van der Waals surface area (Å²) in [5.74, 6) is 0.914. The fraction of sp³-hybridized carbons (Fsp3) is 0.375. The number of hydrogen-bond acceptors (Lipinski definition) is 5. The lowest BCUT2D eigenvalue weighted by Gasteiger charge is -2.42. The van der Waals surface area contributed by atoms with Crippen LogP contribution >= 0.6 is 0 Å². The molecule has 5 nitrogen and oxygen atoms in total. The number of aliphatic hydroxyl groups is 1. The maximum Gasteiger partial charge on any atom is 0.119 e. The van der Waals surface area contributed by atoms with Gasteiger partial charge in [0, 0.05) is 56.1 Å². The van der Waals surface area contributed by atoms with Crippen LogP contribution in [0.4, 0.5) is 5.69 Å². The summed E-state index contributed by atoms with van der Waals surface area (Å²) >= 11 is 0. The first-order chi connectivity index (χ1) is 14.3. The summed E-state index contributed by atoms with van der Waals surface area (Å²) in [5, 5.41) is 10.8. The summed E-state index contributed by atoms with van der Waals surface area (Å²) in [6.07, 6.45) is 2.67. The number of pyridine rings is 1. The summed E-state index contributed by atoms with van der Waals surface area (Å²) in [6, 6.07) is 19.1. The monoisotopic (exact) mass is 391 g/mol. The van der Waals surface area contributed by atoms with Crippen molar-refractivity contribution in [2.45, 2.75) is 25.9 Å². The van der Waals surface area contributed by atoms with Gasteiger partial charge in [0.1, 0.15) is 5.75 Å². The molecule has 0 saturated carbocycles. The summed E-state index contributed by atoms with van der Waals surface area (Å²) in [4.78, 5) is 9.43. The average molecular weight is 392 g/mol. The minimum absolute atomic E-state index is 0.204. The second-order valence-corrected chi connectivity index (χ2v) is 7.51. The molecule has 1 aliphatic heterocycles. The van der Waals surface area contributed by atoms with E-state index in [9.17, 15) is 5.11 Å². The highest BCUT2D eigenvalue weighted by atomic mass is 16.5. The van der Waals surface area contributed by atoms with Gasteiger partial charge < -0.3 is 14.7 Å². The van der Waals surface area contributed by atoms with Gasteiger partial charge in [0.15, 0.2) is 0 Å². The van der Waals surface area contributed by atoms with E-state index in [2.05, 4.69) is 51.2 Å². The molecule has 0 aliphatic carbocycles. The van der Waals surface area contributed by atoms with Crippen molar-refractivity contribution < 1.29 is 9.84 Å². The first-order valence-electron chi connectivity index (χ1n) is 10.4. The summed E-state index contributed by atoms with van der Waals surface area (Å²) in [6.45, 7) is 6.62. The van der Waals surface area contributed by atoms with Gasteiger partial charge in [-0.2, -0.15) is 0 Å². The number of benzene rings is 2. The minimum atomic E-state index is 0.204.